The molecule has 224 valence electrons. The van der Waals surface area contributed by atoms with E-state index in [1.807, 2.05) is 11.6 Å². The Bertz CT molecular complexity index is 1940. The Kier molecular flexibility index (Phi) is 7.66. The summed E-state index contributed by atoms with van der Waals surface area (Å²) in [7, 11) is 4.89. The maximum atomic E-state index is 15.3. The van der Waals surface area contributed by atoms with Crippen LogP contribution in [0, 0.1) is 11.6 Å². The van der Waals surface area contributed by atoms with Crippen molar-refractivity contribution in [1.82, 2.24) is 19.4 Å². The molecule has 1 aliphatic rings. The van der Waals surface area contributed by atoms with Crippen molar-refractivity contribution in [2.24, 2.45) is 0 Å². The van der Waals surface area contributed by atoms with E-state index >= 15 is 4.39 Å². The number of benzene rings is 2. The lowest BCUT2D eigenvalue weighted by Crippen LogP contribution is -2.45. The minimum Gasteiger partial charge on any atom is -0.491 e. The average molecular weight is 600 g/mol. The lowest BCUT2D eigenvalue weighted by Gasteiger charge is -2.38. The molecule has 3 aromatic heterocycles. The fourth-order valence-corrected chi connectivity index (χ4v) is 5.03. The zero-order valence-electron chi connectivity index (χ0n) is 24.0. The van der Waals surface area contributed by atoms with Gasteiger partial charge < -0.3 is 29.0 Å². The molecule has 1 amide bonds. The van der Waals surface area contributed by atoms with Gasteiger partial charge in [0.2, 0.25) is 5.43 Å². The molecular formula is C32H27F2N5O5. The smallest absolute Gasteiger partial charge is 0.261 e. The Labute approximate surface area is 250 Å². The molecule has 1 aliphatic heterocycles. The second-order valence-corrected chi connectivity index (χ2v) is 10.3. The van der Waals surface area contributed by atoms with Crippen LogP contribution in [-0.2, 0) is 0 Å². The predicted octanol–water partition coefficient (Wildman–Crippen LogP) is 5.29. The van der Waals surface area contributed by atoms with E-state index in [2.05, 4.69) is 20.2 Å². The van der Waals surface area contributed by atoms with E-state index in [9.17, 15) is 14.0 Å². The fourth-order valence-electron chi connectivity index (χ4n) is 5.03. The summed E-state index contributed by atoms with van der Waals surface area (Å²) >= 11 is 0. The van der Waals surface area contributed by atoms with E-state index < -0.39 is 23.0 Å². The molecule has 0 unspecified atom stereocenters. The van der Waals surface area contributed by atoms with Crippen LogP contribution < -0.4 is 25.0 Å². The Hall–Kier alpha value is -5.36. The average Bonchev–Trinajstić information content (AvgIpc) is 3.01. The third-order valence-corrected chi connectivity index (χ3v) is 7.34. The van der Waals surface area contributed by atoms with Gasteiger partial charge in [-0.3, -0.25) is 14.6 Å². The Morgan fingerprint density at radius 3 is 2.41 bits per heavy atom. The van der Waals surface area contributed by atoms with Gasteiger partial charge in [-0.2, -0.15) is 0 Å². The van der Waals surface area contributed by atoms with E-state index in [0.717, 1.165) is 19.2 Å². The molecule has 4 heterocycles. The number of likely N-dealkylation sites (tertiary alicyclic amines) is 1. The number of carbonyl (C=O) groups is 1. The molecule has 0 bridgehead atoms. The number of hydrogen-bond donors (Lipinski definition) is 1. The van der Waals surface area contributed by atoms with Crippen molar-refractivity contribution in [1.29, 1.82) is 0 Å². The second kappa shape index (κ2) is 11.7. The molecule has 12 heteroatoms. The number of anilines is 1. The topological polar surface area (TPSA) is 108 Å². The van der Waals surface area contributed by atoms with Crippen molar-refractivity contribution in [3.8, 4) is 34.3 Å². The largest absolute Gasteiger partial charge is 0.491 e. The molecule has 5 aromatic rings. The van der Waals surface area contributed by atoms with Crippen LogP contribution >= 0.6 is 0 Å². The first-order valence-corrected chi connectivity index (χ1v) is 13.6. The van der Waals surface area contributed by atoms with Crippen LogP contribution in [0.3, 0.4) is 0 Å². The van der Waals surface area contributed by atoms with Crippen molar-refractivity contribution in [3.05, 3.63) is 101 Å². The van der Waals surface area contributed by atoms with Gasteiger partial charge in [-0.05, 0) is 36.9 Å². The highest BCUT2D eigenvalue weighted by molar-refractivity contribution is 6.04. The molecular weight excluding hydrogens is 572 g/mol. The number of nitrogens with zero attached hydrogens (tertiary/aromatic N) is 4. The quantitative estimate of drug-likeness (QED) is 0.257. The number of pyridine rings is 3. The minimum atomic E-state index is -0.761. The molecule has 0 atom stereocenters. The number of hydrogen-bond acceptors (Lipinski definition) is 8. The molecule has 0 saturated carbocycles. The zero-order valence-corrected chi connectivity index (χ0v) is 24.0. The SMILES string of the molecule is COc1cc2nccc(Oc3ccc(NC(=O)c4cn(C5CN(C)C5)cc(-c5ccc(F)cc5)c4=O)cc3F)c2nc1OC. The lowest BCUT2D eigenvalue weighted by molar-refractivity contribution is 0.102. The molecule has 2 aromatic carbocycles. The van der Waals surface area contributed by atoms with Crippen molar-refractivity contribution in [2.45, 2.75) is 6.04 Å². The van der Waals surface area contributed by atoms with Gasteiger partial charge in [0, 0.05) is 61.1 Å². The van der Waals surface area contributed by atoms with E-state index in [1.165, 1.54) is 69.1 Å². The maximum Gasteiger partial charge on any atom is 0.261 e. The summed E-state index contributed by atoms with van der Waals surface area (Å²) in [5, 5.41) is 2.62. The summed E-state index contributed by atoms with van der Waals surface area (Å²) < 4.78 is 47.0. The van der Waals surface area contributed by atoms with Gasteiger partial charge in [0.05, 0.1) is 25.8 Å². The van der Waals surface area contributed by atoms with Gasteiger partial charge >= 0.3 is 0 Å². The first-order valence-electron chi connectivity index (χ1n) is 13.6. The van der Waals surface area contributed by atoms with Gasteiger partial charge in [0.15, 0.2) is 23.1 Å². The van der Waals surface area contributed by atoms with Crippen LogP contribution in [0.4, 0.5) is 14.5 Å². The molecule has 10 nitrogen and oxygen atoms in total. The number of rotatable bonds is 8. The maximum absolute atomic E-state index is 15.3. The van der Waals surface area contributed by atoms with E-state index in [4.69, 9.17) is 14.2 Å². The minimum absolute atomic E-state index is 0.0556. The summed E-state index contributed by atoms with van der Waals surface area (Å²) in [6.45, 7) is 1.48. The van der Waals surface area contributed by atoms with Crippen LogP contribution in [0.2, 0.25) is 0 Å². The number of amides is 1. The van der Waals surface area contributed by atoms with Crippen molar-refractivity contribution in [3.63, 3.8) is 0 Å². The molecule has 6 rings (SSSR count). The van der Waals surface area contributed by atoms with Gasteiger partial charge in [0.1, 0.15) is 16.9 Å². The third-order valence-electron chi connectivity index (χ3n) is 7.34. The lowest BCUT2D eigenvalue weighted by atomic mass is 10.0. The number of methoxy groups -OCH3 is 2. The summed E-state index contributed by atoms with van der Waals surface area (Å²) in [6.07, 6.45) is 4.67. The van der Waals surface area contributed by atoms with Crippen LogP contribution in [0.5, 0.6) is 23.1 Å². The summed E-state index contributed by atoms with van der Waals surface area (Å²) in [5.41, 5.74) is 0.987. The number of aromatic nitrogens is 3. The Morgan fingerprint density at radius 1 is 0.955 bits per heavy atom. The normalized spacial score (nSPS) is 13.4. The van der Waals surface area contributed by atoms with Crippen molar-refractivity contribution in [2.75, 3.05) is 39.7 Å². The standard InChI is InChI=1S/C32H27F2N5O5/c1-38-14-21(15-38)39-16-22(18-4-6-19(33)7-5-18)30(40)23(17-39)31(41)36-20-8-9-26(24(34)12-20)44-27-10-11-35-25-13-28(42-2)32(43-3)37-29(25)27/h4-13,16-17,21H,14-15H2,1-3H3,(H,36,41). The second-order valence-electron chi connectivity index (χ2n) is 10.3. The van der Waals surface area contributed by atoms with Crippen molar-refractivity contribution < 1.29 is 27.8 Å². The number of likely N-dealkylation sites (N-methyl/N-ethyl adjacent to an activating group) is 1. The Balaban J connectivity index is 1.28. The predicted molar refractivity (Wildman–Crippen MR) is 160 cm³/mol. The molecule has 1 saturated heterocycles. The molecule has 0 spiro atoms. The first-order chi connectivity index (χ1) is 21.2. The number of carbonyl (C=O) groups excluding carboxylic acids is 1. The van der Waals surface area contributed by atoms with Crippen LogP contribution in [0.1, 0.15) is 16.4 Å². The van der Waals surface area contributed by atoms with Gasteiger partial charge in [0.25, 0.3) is 11.8 Å². The van der Waals surface area contributed by atoms with E-state index in [1.54, 1.807) is 12.3 Å². The number of halogens is 2. The van der Waals surface area contributed by atoms with Crippen LogP contribution in [-0.4, -0.2) is 59.7 Å². The summed E-state index contributed by atoms with van der Waals surface area (Å²) in [4.78, 5) is 37.6. The highest BCUT2D eigenvalue weighted by Crippen LogP contribution is 2.35. The Morgan fingerprint density at radius 2 is 1.73 bits per heavy atom. The monoisotopic (exact) mass is 599 g/mol. The highest BCUT2D eigenvalue weighted by atomic mass is 19.1. The van der Waals surface area contributed by atoms with Gasteiger partial charge in [-0.15, -0.1) is 0 Å². The molecule has 44 heavy (non-hydrogen) atoms. The van der Waals surface area contributed by atoms with Crippen LogP contribution in [0.15, 0.2) is 78.0 Å². The summed E-state index contributed by atoms with van der Waals surface area (Å²) in [6, 6.07) is 12.6. The van der Waals surface area contributed by atoms with E-state index in [-0.39, 0.29) is 40.2 Å². The molecule has 0 radical (unpaired) electrons. The number of nitrogens with one attached hydrogen (secondary N) is 1. The zero-order chi connectivity index (χ0) is 31.0. The first kappa shape index (κ1) is 28.7. The van der Waals surface area contributed by atoms with Gasteiger partial charge in [-0.1, -0.05) is 12.1 Å². The van der Waals surface area contributed by atoms with Gasteiger partial charge in [-0.25, -0.2) is 13.8 Å². The highest BCUT2D eigenvalue weighted by Gasteiger charge is 2.27. The van der Waals surface area contributed by atoms with Crippen LogP contribution in [0.25, 0.3) is 22.2 Å². The molecule has 1 N–H and O–H groups in total. The summed E-state index contributed by atoms with van der Waals surface area (Å²) in [5.74, 6) is -1.21. The molecule has 0 aliphatic carbocycles. The van der Waals surface area contributed by atoms with E-state index in [0.29, 0.717) is 22.3 Å². The number of ether oxygens (including phenoxy) is 3. The molecule has 1 fully saturated rings. The fraction of sp³-hybridized carbons (Fsp3) is 0.188. The number of fused-ring (bicyclic) bond motifs is 1. The third kappa shape index (κ3) is 5.54. The van der Waals surface area contributed by atoms with Crippen molar-refractivity contribution >= 4 is 22.6 Å².